The Hall–Kier alpha value is -1.61. The van der Waals surface area contributed by atoms with Gasteiger partial charge in [-0.2, -0.15) is 0 Å². The van der Waals surface area contributed by atoms with Gasteiger partial charge in [-0.3, -0.25) is 0 Å². The van der Waals surface area contributed by atoms with Gasteiger partial charge in [0.2, 0.25) is 0 Å². The van der Waals surface area contributed by atoms with Crippen LogP contribution in [0.4, 0.5) is 5.69 Å². The van der Waals surface area contributed by atoms with Crippen molar-refractivity contribution in [2.75, 3.05) is 11.9 Å². The molecule has 0 amide bonds. The minimum Gasteiger partial charge on any atom is -0.481 e. The highest BCUT2D eigenvalue weighted by Crippen LogP contribution is 2.39. The van der Waals surface area contributed by atoms with E-state index in [1.807, 2.05) is 39.0 Å². The van der Waals surface area contributed by atoms with Gasteiger partial charge < -0.3 is 14.5 Å². The number of benzene rings is 1. The molecule has 0 saturated heterocycles. The van der Waals surface area contributed by atoms with Crippen LogP contribution >= 0.6 is 11.6 Å². The molecule has 1 N–H and O–H groups in total. The van der Waals surface area contributed by atoms with E-state index in [1.54, 1.807) is 0 Å². The SMILES string of the molecule is Cc1cc(C2CNc3cc(Cl)cc(C)c3O2)c(C)o1. The predicted octanol–water partition coefficient (Wildman–Crippen LogP) is 4.40. The first-order valence-corrected chi connectivity index (χ1v) is 6.70. The Labute approximate surface area is 117 Å². The number of halogens is 1. The Balaban J connectivity index is 1.96. The van der Waals surface area contributed by atoms with Crippen LogP contribution in [0.2, 0.25) is 5.02 Å². The molecule has 4 heteroatoms. The molecule has 0 fully saturated rings. The molecule has 0 bridgehead atoms. The van der Waals surface area contributed by atoms with Crippen molar-refractivity contribution in [3.8, 4) is 5.75 Å². The Morgan fingerprint density at radius 2 is 2.00 bits per heavy atom. The minimum atomic E-state index is -0.0233. The van der Waals surface area contributed by atoms with Crippen LogP contribution in [0.1, 0.15) is 28.8 Å². The molecule has 2 aromatic rings. The van der Waals surface area contributed by atoms with Gasteiger partial charge in [0.1, 0.15) is 23.4 Å². The molecule has 0 saturated carbocycles. The number of aryl methyl sites for hydroxylation is 3. The lowest BCUT2D eigenvalue weighted by molar-refractivity contribution is 0.207. The molecular weight excluding hydrogens is 262 g/mol. The van der Waals surface area contributed by atoms with Crippen molar-refractivity contribution in [2.24, 2.45) is 0 Å². The van der Waals surface area contributed by atoms with E-state index in [0.717, 1.165) is 39.1 Å². The van der Waals surface area contributed by atoms with Crippen LogP contribution in [-0.2, 0) is 0 Å². The summed E-state index contributed by atoms with van der Waals surface area (Å²) in [5, 5.41) is 4.10. The highest BCUT2D eigenvalue weighted by Gasteiger charge is 2.25. The third-order valence-corrected chi connectivity index (χ3v) is 3.62. The van der Waals surface area contributed by atoms with Gasteiger partial charge in [-0.1, -0.05) is 11.6 Å². The van der Waals surface area contributed by atoms with Gasteiger partial charge in [-0.25, -0.2) is 0 Å². The quantitative estimate of drug-likeness (QED) is 0.839. The van der Waals surface area contributed by atoms with Gasteiger partial charge in [0.15, 0.2) is 0 Å². The Bertz CT molecular complexity index is 633. The average molecular weight is 278 g/mol. The zero-order valence-corrected chi connectivity index (χ0v) is 12.0. The van der Waals surface area contributed by atoms with E-state index in [1.165, 1.54) is 0 Å². The molecule has 2 heterocycles. The predicted molar refractivity (Wildman–Crippen MR) is 76.2 cm³/mol. The van der Waals surface area contributed by atoms with Crippen molar-refractivity contribution in [2.45, 2.75) is 26.9 Å². The molecule has 0 radical (unpaired) electrons. The number of anilines is 1. The molecule has 1 aromatic heterocycles. The standard InChI is InChI=1S/C15H16ClNO2/c1-8-4-11(16)6-13-15(8)19-14(7-17-13)12-5-9(2)18-10(12)3/h4-6,14,17H,7H2,1-3H3. The molecule has 0 aliphatic carbocycles. The van der Waals surface area contributed by atoms with E-state index in [0.29, 0.717) is 6.54 Å². The Morgan fingerprint density at radius 3 is 2.68 bits per heavy atom. The molecule has 0 spiro atoms. The summed E-state index contributed by atoms with van der Waals surface area (Å²) in [6.07, 6.45) is -0.0233. The van der Waals surface area contributed by atoms with E-state index in [9.17, 15) is 0 Å². The van der Waals surface area contributed by atoms with Crippen molar-refractivity contribution in [3.05, 3.63) is 45.9 Å². The van der Waals surface area contributed by atoms with Crippen molar-refractivity contribution in [1.29, 1.82) is 0 Å². The molecule has 100 valence electrons. The van der Waals surface area contributed by atoms with E-state index < -0.39 is 0 Å². The molecule has 19 heavy (non-hydrogen) atoms. The van der Waals surface area contributed by atoms with E-state index in [-0.39, 0.29) is 6.10 Å². The van der Waals surface area contributed by atoms with E-state index in [4.69, 9.17) is 20.8 Å². The number of rotatable bonds is 1. The number of ether oxygens (including phenoxy) is 1. The van der Waals surface area contributed by atoms with Gasteiger partial charge in [-0.15, -0.1) is 0 Å². The molecule has 1 unspecified atom stereocenters. The second kappa shape index (κ2) is 4.49. The lowest BCUT2D eigenvalue weighted by Crippen LogP contribution is -2.24. The lowest BCUT2D eigenvalue weighted by atomic mass is 10.1. The number of hydrogen-bond acceptors (Lipinski definition) is 3. The topological polar surface area (TPSA) is 34.4 Å². The van der Waals surface area contributed by atoms with Crippen LogP contribution in [0, 0.1) is 20.8 Å². The van der Waals surface area contributed by atoms with Gasteiger partial charge in [0.25, 0.3) is 0 Å². The summed E-state index contributed by atoms with van der Waals surface area (Å²) >= 11 is 6.05. The molecule has 1 aromatic carbocycles. The summed E-state index contributed by atoms with van der Waals surface area (Å²) < 4.78 is 11.7. The first kappa shape index (κ1) is 12.4. The third-order valence-electron chi connectivity index (χ3n) is 3.40. The van der Waals surface area contributed by atoms with Crippen LogP contribution in [0.3, 0.4) is 0 Å². The highest BCUT2D eigenvalue weighted by molar-refractivity contribution is 6.31. The van der Waals surface area contributed by atoms with Crippen LogP contribution < -0.4 is 10.1 Å². The Kier molecular flexibility index (Phi) is 2.94. The van der Waals surface area contributed by atoms with Crippen molar-refractivity contribution in [3.63, 3.8) is 0 Å². The molecule has 3 rings (SSSR count). The zero-order chi connectivity index (χ0) is 13.6. The van der Waals surface area contributed by atoms with Crippen LogP contribution in [0.15, 0.2) is 22.6 Å². The maximum absolute atomic E-state index is 6.12. The average Bonchev–Trinajstić information content (AvgIpc) is 2.68. The Morgan fingerprint density at radius 1 is 1.21 bits per heavy atom. The molecule has 1 aliphatic heterocycles. The lowest BCUT2D eigenvalue weighted by Gasteiger charge is -2.28. The summed E-state index contributed by atoms with van der Waals surface area (Å²) in [6.45, 7) is 6.64. The van der Waals surface area contributed by atoms with Crippen molar-refractivity contribution in [1.82, 2.24) is 0 Å². The highest BCUT2D eigenvalue weighted by atomic mass is 35.5. The third kappa shape index (κ3) is 2.19. The number of furan rings is 1. The van der Waals surface area contributed by atoms with E-state index in [2.05, 4.69) is 5.32 Å². The van der Waals surface area contributed by atoms with Gasteiger partial charge >= 0.3 is 0 Å². The van der Waals surface area contributed by atoms with Crippen LogP contribution in [-0.4, -0.2) is 6.54 Å². The fraction of sp³-hybridized carbons (Fsp3) is 0.333. The zero-order valence-electron chi connectivity index (χ0n) is 11.2. The van der Waals surface area contributed by atoms with E-state index >= 15 is 0 Å². The smallest absolute Gasteiger partial charge is 0.146 e. The van der Waals surface area contributed by atoms with Gasteiger partial charge in [0, 0.05) is 10.6 Å². The summed E-state index contributed by atoms with van der Waals surface area (Å²) in [6, 6.07) is 5.85. The normalized spacial score (nSPS) is 17.6. The first-order chi connectivity index (χ1) is 9.04. The summed E-state index contributed by atoms with van der Waals surface area (Å²) in [4.78, 5) is 0. The van der Waals surface area contributed by atoms with Crippen molar-refractivity contribution >= 4 is 17.3 Å². The largest absolute Gasteiger partial charge is 0.481 e. The number of hydrogen-bond donors (Lipinski definition) is 1. The fourth-order valence-electron chi connectivity index (χ4n) is 2.55. The minimum absolute atomic E-state index is 0.0233. The molecular formula is C15H16ClNO2. The molecule has 1 atom stereocenters. The van der Waals surface area contributed by atoms with Gasteiger partial charge in [0.05, 0.1) is 12.2 Å². The second-order valence-corrected chi connectivity index (χ2v) is 5.39. The number of fused-ring (bicyclic) bond motifs is 1. The number of nitrogens with one attached hydrogen (secondary N) is 1. The summed E-state index contributed by atoms with van der Waals surface area (Å²) in [5.41, 5.74) is 3.10. The summed E-state index contributed by atoms with van der Waals surface area (Å²) in [7, 11) is 0. The second-order valence-electron chi connectivity index (χ2n) is 4.96. The fourth-order valence-corrected chi connectivity index (χ4v) is 2.82. The maximum Gasteiger partial charge on any atom is 0.146 e. The molecule has 1 aliphatic rings. The molecule has 3 nitrogen and oxygen atoms in total. The van der Waals surface area contributed by atoms with Gasteiger partial charge in [-0.05, 0) is 44.5 Å². The maximum atomic E-state index is 6.12. The monoisotopic (exact) mass is 277 g/mol. The summed E-state index contributed by atoms with van der Waals surface area (Å²) in [5.74, 6) is 2.70. The van der Waals surface area contributed by atoms with Crippen molar-refractivity contribution < 1.29 is 9.15 Å². The van der Waals surface area contributed by atoms with Crippen LogP contribution in [0.5, 0.6) is 5.75 Å². The van der Waals surface area contributed by atoms with Crippen LogP contribution in [0.25, 0.3) is 0 Å². The first-order valence-electron chi connectivity index (χ1n) is 6.32.